The van der Waals surface area contributed by atoms with Crippen LogP contribution in [-0.2, 0) is 4.79 Å². The van der Waals surface area contributed by atoms with Gasteiger partial charge in [-0.3, -0.25) is 10.1 Å². The molecule has 1 amide bonds. The van der Waals surface area contributed by atoms with E-state index in [2.05, 4.69) is 33.0 Å². The highest BCUT2D eigenvalue weighted by Crippen LogP contribution is 2.25. The molecule has 3 nitrogen and oxygen atoms in total. The van der Waals surface area contributed by atoms with Crippen LogP contribution in [0.3, 0.4) is 0 Å². The van der Waals surface area contributed by atoms with E-state index in [9.17, 15) is 4.79 Å². The van der Waals surface area contributed by atoms with Crippen molar-refractivity contribution in [1.82, 2.24) is 10.2 Å². The first-order valence-corrected chi connectivity index (χ1v) is 6.02. The van der Waals surface area contributed by atoms with Crippen molar-refractivity contribution < 1.29 is 4.79 Å². The predicted molar refractivity (Wildman–Crippen MR) is 62.5 cm³/mol. The van der Waals surface area contributed by atoms with Crippen LogP contribution in [0, 0.1) is 5.92 Å². The first-order chi connectivity index (χ1) is 6.96. The van der Waals surface area contributed by atoms with Crippen LogP contribution in [0.2, 0.25) is 0 Å². The maximum atomic E-state index is 12.2. The average molecular weight is 212 g/mol. The Balaban J connectivity index is 2.78. The number of hydrogen-bond donors (Lipinski definition) is 1. The summed E-state index contributed by atoms with van der Waals surface area (Å²) in [7, 11) is 0. The highest BCUT2D eigenvalue weighted by Gasteiger charge is 2.43. The molecule has 0 radical (unpaired) electrons. The summed E-state index contributed by atoms with van der Waals surface area (Å²) in [5.41, 5.74) is -0.331. The molecule has 2 unspecified atom stereocenters. The Labute approximate surface area is 93.2 Å². The molecule has 3 heteroatoms. The van der Waals surface area contributed by atoms with Crippen molar-refractivity contribution in [2.75, 3.05) is 6.67 Å². The van der Waals surface area contributed by atoms with Crippen LogP contribution in [0.15, 0.2) is 0 Å². The third-order valence-electron chi connectivity index (χ3n) is 3.67. The fourth-order valence-corrected chi connectivity index (χ4v) is 2.32. The van der Waals surface area contributed by atoms with Crippen molar-refractivity contribution in [1.29, 1.82) is 0 Å². The van der Waals surface area contributed by atoms with Crippen molar-refractivity contribution in [3.8, 4) is 0 Å². The molecular weight excluding hydrogens is 188 g/mol. The lowest BCUT2D eigenvalue weighted by atomic mass is 9.96. The number of nitrogens with zero attached hydrogens (tertiary/aromatic N) is 1. The van der Waals surface area contributed by atoms with E-state index in [0.29, 0.717) is 18.6 Å². The predicted octanol–water partition coefficient (Wildman–Crippen LogP) is 1.98. The lowest BCUT2D eigenvalue weighted by molar-refractivity contribution is -0.134. The highest BCUT2D eigenvalue weighted by molar-refractivity contribution is 5.88. The van der Waals surface area contributed by atoms with E-state index in [1.54, 1.807) is 0 Å². The van der Waals surface area contributed by atoms with E-state index in [4.69, 9.17) is 0 Å². The van der Waals surface area contributed by atoms with Crippen LogP contribution in [0.25, 0.3) is 0 Å². The summed E-state index contributed by atoms with van der Waals surface area (Å²) in [6.45, 7) is 11.3. The van der Waals surface area contributed by atoms with Gasteiger partial charge in [-0.05, 0) is 25.7 Å². The summed E-state index contributed by atoms with van der Waals surface area (Å²) < 4.78 is 0. The summed E-state index contributed by atoms with van der Waals surface area (Å²) in [5.74, 6) is 0.797. The van der Waals surface area contributed by atoms with Gasteiger partial charge in [0, 0.05) is 6.04 Å². The minimum atomic E-state index is -0.331. The van der Waals surface area contributed by atoms with Gasteiger partial charge in [0.1, 0.15) is 0 Å². The summed E-state index contributed by atoms with van der Waals surface area (Å²) in [4.78, 5) is 14.2. The van der Waals surface area contributed by atoms with Crippen LogP contribution in [-0.4, -0.2) is 29.1 Å². The Bertz CT molecular complexity index is 240. The van der Waals surface area contributed by atoms with Gasteiger partial charge < -0.3 is 4.90 Å². The molecule has 1 rings (SSSR count). The smallest absolute Gasteiger partial charge is 0.243 e. The van der Waals surface area contributed by atoms with Crippen LogP contribution >= 0.6 is 0 Å². The minimum Gasteiger partial charge on any atom is -0.325 e. The lowest BCUT2D eigenvalue weighted by Crippen LogP contribution is -2.46. The van der Waals surface area contributed by atoms with Crippen molar-refractivity contribution in [3.05, 3.63) is 0 Å². The molecule has 15 heavy (non-hydrogen) atoms. The highest BCUT2D eigenvalue weighted by atomic mass is 16.2. The maximum absolute atomic E-state index is 12.2. The molecule has 0 aromatic carbocycles. The third-order valence-corrected chi connectivity index (χ3v) is 3.67. The molecule has 0 aromatic rings. The molecule has 0 aromatic heterocycles. The molecule has 0 saturated carbocycles. The van der Waals surface area contributed by atoms with Gasteiger partial charge in [-0.15, -0.1) is 0 Å². The van der Waals surface area contributed by atoms with Gasteiger partial charge in [0.05, 0.1) is 12.2 Å². The molecule has 1 heterocycles. The van der Waals surface area contributed by atoms with E-state index >= 15 is 0 Å². The molecule has 1 N–H and O–H groups in total. The van der Waals surface area contributed by atoms with E-state index in [0.717, 1.165) is 12.8 Å². The van der Waals surface area contributed by atoms with Crippen molar-refractivity contribution >= 4 is 5.91 Å². The summed E-state index contributed by atoms with van der Waals surface area (Å²) in [6, 6.07) is 0.373. The van der Waals surface area contributed by atoms with Crippen LogP contribution in [0.4, 0.5) is 0 Å². The van der Waals surface area contributed by atoms with E-state index < -0.39 is 0 Å². The first kappa shape index (κ1) is 12.5. The standard InChI is InChI=1S/C12H24N2O/c1-6-10(9(3)4)14-8-13-12(5,7-2)11(14)15/h9-10,13H,6-8H2,1-5H3. The van der Waals surface area contributed by atoms with Crippen LogP contribution in [0.5, 0.6) is 0 Å². The van der Waals surface area contributed by atoms with Crippen LogP contribution < -0.4 is 5.32 Å². The fourth-order valence-electron chi connectivity index (χ4n) is 2.32. The normalized spacial score (nSPS) is 28.9. The monoisotopic (exact) mass is 212 g/mol. The molecule has 0 bridgehead atoms. The number of carbonyl (C=O) groups is 1. The minimum absolute atomic E-state index is 0.269. The third kappa shape index (κ3) is 2.17. The second-order valence-corrected chi connectivity index (χ2v) is 5.02. The first-order valence-electron chi connectivity index (χ1n) is 6.02. The zero-order valence-electron chi connectivity index (χ0n) is 10.6. The number of hydrogen-bond acceptors (Lipinski definition) is 2. The van der Waals surface area contributed by atoms with Gasteiger partial charge in [-0.2, -0.15) is 0 Å². The number of rotatable bonds is 4. The molecule has 88 valence electrons. The zero-order chi connectivity index (χ0) is 11.6. The topological polar surface area (TPSA) is 32.3 Å². The average Bonchev–Trinajstić information content (AvgIpc) is 2.48. The molecule has 1 aliphatic rings. The molecule has 0 spiro atoms. The summed E-state index contributed by atoms with van der Waals surface area (Å²) in [6.07, 6.45) is 1.89. The Morgan fingerprint density at radius 3 is 2.40 bits per heavy atom. The largest absolute Gasteiger partial charge is 0.325 e. The van der Waals surface area contributed by atoms with Crippen molar-refractivity contribution in [3.63, 3.8) is 0 Å². The number of nitrogens with one attached hydrogen (secondary N) is 1. The zero-order valence-corrected chi connectivity index (χ0v) is 10.6. The van der Waals surface area contributed by atoms with Crippen LogP contribution in [0.1, 0.15) is 47.5 Å². The second kappa shape index (κ2) is 4.52. The SMILES string of the molecule is CCC(C(C)C)N1CNC(C)(CC)C1=O. The summed E-state index contributed by atoms with van der Waals surface area (Å²) >= 11 is 0. The van der Waals surface area contributed by atoms with E-state index in [-0.39, 0.29) is 11.4 Å². The van der Waals surface area contributed by atoms with Gasteiger partial charge in [0.2, 0.25) is 5.91 Å². The lowest BCUT2D eigenvalue weighted by Gasteiger charge is -2.30. The summed E-state index contributed by atoms with van der Waals surface area (Å²) in [5, 5.41) is 3.33. The van der Waals surface area contributed by atoms with Crippen molar-refractivity contribution in [2.24, 2.45) is 5.92 Å². The molecule has 1 aliphatic heterocycles. The molecular formula is C12H24N2O. The Morgan fingerprint density at radius 1 is 1.47 bits per heavy atom. The van der Waals surface area contributed by atoms with Gasteiger partial charge >= 0.3 is 0 Å². The second-order valence-electron chi connectivity index (χ2n) is 5.02. The number of amides is 1. The fraction of sp³-hybridized carbons (Fsp3) is 0.917. The van der Waals surface area contributed by atoms with Crippen molar-refractivity contribution in [2.45, 2.75) is 59.0 Å². The Morgan fingerprint density at radius 2 is 2.07 bits per heavy atom. The quantitative estimate of drug-likeness (QED) is 0.773. The Hall–Kier alpha value is -0.570. The molecule has 1 fully saturated rings. The van der Waals surface area contributed by atoms with E-state index in [1.165, 1.54) is 0 Å². The van der Waals surface area contributed by atoms with Gasteiger partial charge in [-0.1, -0.05) is 27.7 Å². The molecule has 2 atom stereocenters. The van der Waals surface area contributed by atoms with Gasteiger partial charge in [0.25, 0.3) is 0 Å². The Kier molecular flexibility index (Phi) is 3.77. The van der Waals surface area contributed by atoms with Gasteiger partial charge in [0.15, 0.2) is 0 Å². The van der Waals surface area contributed by atoms with Gasteiger partial charge in [-0.25, -0.2) is 0 Å². The molecule has 0 aliphatic carbocycles. The number of carbonyl (C=O) groups excluding carboxylic acids is 1. The van der Waals surface area contributed by atoms with E-state index in [1.807, 2.05) is 11.8 Å². The maximum Gasteiger partial charge on any atom is 0.243 e. The molecule has 1 saturated heterocycles.